The Labute approximate surface area is 183 Å². The molecule has 5 nitrogen and oxygen atoms in total. The predicted molar refractivity (Wildman–Crippen MR) is 120 cm³/mol. The Morgan fingerprint density at radius 3 is 2.00 bits per heavy atom. The van der Waals surface area contributed by atoms with E-state index in [1.54, 1.807) is 19.1 Å². The molecule has 2 aromatic rings. The molecule has 2 rings (SSSR count). The van der Waals surface area contributed by atoms with Crippen molar-refractivity contribution in [3.8, 4) is 5.69 Å². The van der Waals surface area contributed by atoms with Crippen LogP contribution < -0.4 is 5.14 Å². The van der Waals surface area contributed by atoms with Crippen LogP contribution in [0, 0.1) is 5.92 Å². The molecule has 0 aliphatic carbocycles. The number of benzene rings is 1. The van der Waals surface area contributed by atoms with Gasteiger partial charge < -0.3 is 0 Å². The summed E-state index contributed by atoms with van der Waals surface area (Å²) >= 11 is 0. The van der Waals surface area contributed by atoms with Crippen LogP contribution in [-0.4, -0.2) is 18.2 Å². The molecule has 174 valence electrons. The smallest absolute Gasteiger partial charge is 0.233 e. The molecule has 1 aromatic heterocycles. The van der Waals surface area contributed by atoms with Crippen LogP contribution in [0.15, 0.2) is 53.5 Å². The van der Waals surface area contributed by atoms with Crippen molar-refractivity contribution in [1.29, 1.82) is 0 Å². The van der Waals surface area contributed by atoms with E-state index in [1.165, 1.54) is 24.3 Å². The van der Waals surface area contributed by atoms with E-state index in [0.717, 1.165) is 10.7 Å². The fraction of sp³-hybridized carbons (Fsp3) is 0.409. The number of primary sulfonamides is 1. The molecule has 0 atom stereocenters. The molecule has 0 aliphatic rings. The third kappa shape index (κ3) is 8.34. The van der Waals surface area contributed by atoms with Gasteiger partial charge in [-0.05, 0) is 48.7 Å². The number of nitrogens with two attached hydrogens (primary N) is 1. The van der Waals surface area contributed by atoms with Gasteiger partial charge in [0.15, 0.2) is 5.69 Å². The van der Waals surface area contributed by atoms with Crippen molar-refractivity contribution in [2.45, 2.75) is 59.5 Å². The van der Waals surface area contributed by atoms with Gasteiger partial charge in [-0.3, -0.25) is 0 Å². The van der Waals surface area contributed by atoms with Crippen LogP contribution in [0.5, 0.6) is 0 Å². The van der Waals surface area contributed by atoms with Crippen molar-refractivity contribution < 1.29 is 21.6 Å². The lowest BCUT2D eigenvalue weighted by molar-refractivity contribution is -0.141. The van der Waals surface area contributed by atoms with Crippen molar-refractivity contribution in [3.05, 3.63) is 59.9 Å². The molecule has 0 spiro atoms. The van der Waals surface area contributed by atoms with Crippen LogP contribution in [0.2, 0.25) is 0 Å². The first-order chi connectivity index (χ1) is 14.4. The Morgan fingerprint density at radius 1 is 1.10 bits per heavy atom. The highest BCUT2D eigenvalue weighted by molar-refractivity contribution is 7.89. The number of alkyl halides is 3. The lowest BCUT2D eigenvalue weighted by Gasteiger charge is -2.09. The highest BCUT2D eigenvalue weighted by Crippen LogP contribution is 2.32. The first-order valence-corrected chi connectivity index (χ1v) is 11.6. The summed E-state index contributed by atoms with van der Waals surface area (Å²) in [7, 11) is -3.90. The zero-order valence-corrected chi connectivity index (χ0v) is 19.8. The van der Waals surface area contributed by atoms with Gasteiger partial charge in [0.1, 0.15) is 0 Å². The largest absolute Gasteiger partial charge is 0.435 e. The fourth-order valence-corrected chi connectivity index (χ4v) is 2.84. The van der Waals surface area contributed by atoms with Crippen molar-refractivity contribution in [3.63, 3.8) is 0 Å². The van der Waals surface area contributed by atoms with Gasteiger partial charge in [-0.2, -0.15) is 18.3 Å². The monoisotopic (exact) mass is 459 g/mol. The minimum absolute atomic E-state index is 0.137. The van der Waals surface area contributed by atoms with E-state index >= 15 is 0 Å². The number of hydrogen-bond acceptors (Lipinski definition) is 3. The predicted octanol–water partition coefficient (Wildman–Crippen LogP) is 6.21. The number of halogens is 3. The molecule has 0 fully saturated rings. The van der Waals surface area contributed by atoms with Gasteiger partial charge in [0.2, 0.25) is 10.0 Å². The van der Waals surface area contributed by atoms with E-state index in [-0.39, 0.29) is 22.2 Å². The Bertz CT molecular complexity index is 972. The van der Waals surface area contributed by atoms with Crippen LogP contribution in [0.3, 0.4) is 0 Å². The molecule has 0 radical (unpaired) electrons. The molecule has 9 heteroatoms. The molecule has 0 saturated carbocycles. The van der Waals surface area contributed by atoms with Gasteiger partial charge in [-0.15, -0.1) is 0 Å². The number of aromatic nitrogens is 2. The number of rotatable bonds is 5. The Kier molecular flexibility index (Phi) is 11.5. The number of hydrogen-bond donors (Lipinski definition) is 1. The van der Waals surface area contributed by atoms with Gasteiger partial charge in [0, 0.05) is 0 Å². The third-order valence-corrected chi connectivity index (χ3v) is 4.61. The second-order valence-corrected chi connectivity index (χ2v) is 7.77. The number of nitrogens with zero attached hydrogens (tertiary/aromatic N) is 2. The SMILES string of the molecule is C/C=C(\C=C/C(C)C)c1cc(C(F)(F)F)nn1-c1ccc(S(N)(=O)=O)cc1.CC.CC. The van der Waals surface area contributed by atoms with Crippen LogP contribution in [0.25, 0.3) is 11.3 Å². The second kappa shape index (κ2) is 12.5. The fourth-order valence-electron chi connectivity index (χ4n) is 2.32. The summed E-state index contributed by atoms with van der Waals surface area (Å²) in [5, 5.41) is 8.73. The Hall–Kier alpha value is -2.39. The maximum Gasteiger partial charge on any atom is 0.435 e. The molecule has 0 unspecified atom stereocenters. The molecule has 0 amide bonds. The quantitative estimate of drug-likeness (QED) is 0.540. The van der Waals surface area contributed by atoms with Crippen LogP contribution in [-0.2, 0) is 16.2 Å². The van der Waals surface area contributed by atoms with Gasteiger partial charge in [0.25, 0.3) is 0 Å². The standard InChI is InChI=1S/C18H20F3N3O2S.2C2H6/c1-4-13(6-5-12(2)3)16-11-17(18(19,20)21)23-24(16)14-7-9-15(10-8-14)27(22,25)26;2*1-2/h4-12H,1-3H3,(H2,22,25,26);2*1-2H3/b6-5-,13-4+;;. The molecule has 0 saturated heterocycles. The summed E-state index contributed by atoms with van der Waals surface area (Å²) in [4.78, 5) is -0.137. The summed E-state index contributed by atoms with van der Waals surface area (Å²) in [5.74, 6) is 0.215. The van der Waals surface area contributed by atoms with Gasteiger partial charge >= 0.3 is 6.18 Å². The second-order valence-electron chi connectivity index (χ2n) is 6.21. The van der Waals surface area contributed by atoms with Crippen molar-refractivity contribution in [2.24, 2.45) is 11.1 Å². The van der Waals surface area contributed by atoms with Gasteiger partial charge in [-0.1, -0.05) is 59.8 Å². The summed E-state index contributed by atoms with van der Waals surface area (Å²) in [6, 6.07) is 6.13. The maximum absolute atomic E-state index is 13.2. The molecular formula is C22H32F3N3O2S. The minimum Gasteiger partial charge on any atom is -0.233 e. The van der Waals surface area contributed by atoms with Crippen LogP contribution in [0.4, 0.5) is 13.2 Å². The van der Waals surface area contributed by atoms with Gasteiger partial charge in [0.05, 0.1) is 16.3 Å². The summed E-state index contributed by atoms with van der Waals surface area (Å²) < 4.78 is 63.5. The molecule has 31 heavy (non-hydrogen) atoms. The summed E-state index contributed by atoms with van der Waals surface area (Å²) in [5.41, 5.74) is 0.0443. The molecule has 0 aliphatic heterocycles. The first kappa shape index (κ1) is 28.6. The normalized spacial score (nSPS) is 12.3. The van der Waals surface area contributed by atoms with E-state index < -0.39 is 21.9 Å². The van der Waals surface area contributed by atoms with E-state index in [2.05, 4.69) is 5.10 Å². The van der Waals surface area contributed by atoms with Crippen molar-refractivity contribution >= 4 is 15.6 Å². The van der Waals surface area contributed by atoms with Crippen molar-refractivity contribution in [1.82, 2.24) is 9.78 Å². The summed E-state index contributed by atoms with van der Waals surface area (Å²) in [6.45, 7) is 13.6. The Balaban J connectivity index is 0.00000212. The number of sulfonamides is 1. The van der Waals surface area contributed by atoms with E-state index in [0.29, 0.717) is 5.57 Å². The topological polar surface area (TPSA) is 78.0 Å². The summed E-state index contributed by atoms with van der Waals surface area (Å²) in [6.07, 6.45) is 0.674. The third-order valence-electron chi connectivity index (χ3n) is 3.68. The lowest BCUT2D eigenvalue weighted by Crippen LogP contribution is -2.12. The molecule has 0 bridgehead atoms. The zero-order chi connectivity index (χ0) is 24.4. The van der Waals surface area contributed by atoms with E-state index in [1.807, 2.05) is 47.6 Å². The average molecular weight is 460 g/mol. The molecule has 1 aromatic carbocycles. The highest BCUT2D eigenvalue weighted by Gasteiger charge is 2.35. The minimum atomic E-state index is -4.61. The zero-order valence-electron chi connectivity index (χ0n) is 19.0. The van der Waals surface area contributed by atoms with E-state index in [4.69, 9.17) is 5.14 Å². The Morgan fingerprint density at radius 2 is 1.61 bits per heavy atom. The van der Waals surface area contributed by atoms with Gasteiger partial charge in [-0.25, -0.2) is 18.2 Å². The van der Waals surface area contributed by atoms with Crippen LogP contribution >= 0.6 is 0 Å². The maximum atomic E-state index is 13.2. The van der Waals surface area contributed by atoms with E-state index in [9.17, 15) is 21.6 Å². The first-order valence-electron chi connectivity index (χ1n) is 10.1. The highest BCUT2D eigenvalue weighted by atomic mass is 32.2. The molecule has 2 N–H and O–H groups in total. The average Bonchev–Trinajstić information content (AvgIpc) is 3.16. The van der Waals surface area contributed by atoms with Crippen molar-refractivity contribution in [2.75, 3.05) is 0 Å². The molecule has 1 heterocycles. The van der Waals surface area contributed by atoms with Crippen LogP contribution in [0.1, 0.15) is 59.9 Å². The molecular weight excluding hydrogens is 427 g/mol. The lowest BCUT2D eigenvalue weighted by atomic mass is 10.1. The number of allylic oxidation sites excluding steroid dienone is 4.